The highest BCUT2D eigenvalue weighted by Crippen LogP contribution is 2.19. The first-order valence-corrected chi connectivity index (χ1v) is 11.8. The maximum absolute atomic E-state index is 11.8. The molecule has 0 spiro atoms. The molecule has 26 heavy (non-hydrogen) atoms. The van der Waals surface area contributed by atoms with Crippen molar-refractivity contribution in [1.82, 2.24) is 5.32 Å². The summed E-state index contributed by atoms with van der Waals surface area (Å²) in [6, 6.07) is -0.226. The van der Waals surface area contributed by atoms with Gasteiger partial charge in [0.15, 0.2) is 0 Å². The van der Waals surface area contributed by atoms with E-state index in [2.05, 4.69) is 24.4 Å². The molecule has 0 aliphatic carbocycles. The highest BCUT2D eigenvalue weighted by Gasteiger charge is 2.26. The van der Waals surface area contributed by atoms with Crippen molar-refractivity contribution >= 4 is 22.8 Å². The molecule has 1 saturated heterocycles. The van der Waals surface area contributed by atoms with Crippen molar-refractivity contribution in [2.45, 2.75) is 109 Å². The average molecular weight is 382 g/mol. The van der Waals surface area contributed by atoms with Crippen LogP contribution in [0.4, 0.5) is 0 Å². The van der Waals surface area contributed by atoms with E-state index in [1.165, 1.54) is 82.4 Å². The van der Waals surface area contributed by atoms with Gasteiger partial charge in [-0.15, -0.1) is 0 Å². The standard InChI is InChI=1S/C22H39NO2S/c1-2-3-4-5-6-7-8-9-10-11-12-13-14-15-16-17-21(24)23-20-18-19-26-22(20)25/h9-10,20H,2-8,11-19H2,1H3,(H,23,24)/b10-9-. The van der Waals surface area contributed by atoms with Crippen LogP contribution in [0.2, 0.25) is 0 Å². The highest BCUT2D eigenvalue weighted by atomic mass is 32.2. The van der Waals surface area contributed by atoms with E-state index in [9.17, 15) is 9.59 Å². The van der Waals surface area contributed by atoms with Gasteiger partial charge < -0.3 is 5.32 Å². The van der Waals surface area contributed by atoms with Gasteiger partial charge in [0, 0.05) is 12.2 Å². The summed E-state index contributed by atoms with van der Waals surface area (Å²) in [4.78, 5) is 23.3. The van der Waals surface area contributed by atoms with Crippen molar-refractivity contribution in [3.8, 4) is 0 Å². The van der Waals surface area contributed by atoms with Gasteiger partial charge in [-0.25, -0.2) is 0 Å². The van der Waals surface area contributed by atoms with Crippen LogP contribution in [0.3, 0.4) is 0 Å². The van der Waals surface area contributed by atoms with Gasteiger partial charge in [-0.05, 0) is 38.5 Å². The summed E-state index contributed by atoms with van der Waals surface area (Å²) in [5, 5.41) is 2.99. The minimum atomic E-state index is -0.226. The zero-order valence-corrected chi connectivity index (χ0v) is 17.6. The number of nitrogens with one attached hydrogen (secondary N) is 1. The second kappa shape index (κ2) is 16.4. The Morgan fingerprint density at radius 1 is 0.962 bits per heavy atom. The molecule has 3 nitrogen and oxygen atoms in total. The Balaban J connectivity index is 1.81. The summed E-state index contributed by atoms with van der Waals surface area (Å²) < 4.78 is 0. The third-order valence-electron chi connectivity index (χ3n) is 4.94. The quantitative estimate of drug-likeness (QED) is 0.257. The number of amides is 1. The maximum Gasteiger partial charge on any atom is 0.220 e. The van der Waals surface area contributed by atoms with Gasteiger partial charge in [0.2, 0.25) is 11.0 Å². The van der Waals surface area contributed by atoms with E-state index in [1.807, 2.05) is 0 Å². The fourth-order valence-corrected chi connectivity index (χ4v) is 4.18. The minimum Gasteiger partial charge on any atom is -0.345 e. The zero-order valence-electron chi connectivity index (χ0n) is 16.8. The van der Waals surface area contributed by atoms with Crippen LogP contribution >= 0.6 is 11.8 Å². The predicted octanol–water partition coefficient (Wildman–Crippen LogP) is 6.17. The molecule has 150 valence electrons. The van der Waals surface area contributed by atoms with E-state index in [-0.39, 0.29) is 17.1 Å². The van der Waals surface area contributed by atoms with Crippen molar-refractivity contribution in [2.24, 2.45) is 0 Å². The number of allylic oxidation sites excluding steroid dienone is 2. The van der Waals surface area contributed by atoms with Crippen molar-refractivity contribution in [3.63, 3.8) is 0 Å². The lowest BCUT2D eigenvalue weighted by Gasteiger charge is -2.09. The molecule has 1 atom stereocenters. The molecule has 0 aromatic heterocycles. The monoisotopic (exact) mass is 381 g/mol. The number of rotatable bonds is 16. The first kappa shape index (κ1) is 23.3. The summed E-state index contributed by atoms with van der Waals surface area (Å²) in [5.41, 5.74) is 0. The normalized spacial score (nSPS) is 17.3. The first-order valence-electron chi connectivity index (χ1n) is 10.8. The van der Waals surface area contributed by atoms with Crippen molar-refractivity contribution in [2.75, 3.05) is 5.75 Å². The summed E-state index contributed by atoms with van der Waals surface area (Å²) in [5.74, 6) is 0.889. The fraction of sp³-hybridized carbons (Fsp3) is 0.818. The molecule has 1 heterocycles. The Hall–Kier alpha value is -0.770. The first-order chi connectivity index (χ1) is 12.7. The molecule has 0 aromatic carbocycles. The van der Waals surface area contributed by atoms with E-state index in [1.54, 1.807) is 0 Å². The topological polar surface area (TPSA) is 46.2 Å². The lowest BCUT2D eigenvalue weighted by molar-refractivity contribution is -0.124. The van der Waals surface area contributed by atoms with Crippen LogP contribution in [-0.2, 0) is 9.59 Å². The zero-order chi connectivity index (χ0) is 18.9. The number of unbranched alkanes of at least 4 members (excludes halogenated alkanes) is 11. The van der Waals surface area contributed by atoms with Gasteiger partial charge >= 0.3 is 0 Å². The van der Waals surface area contributed by atoms with Gasteiger partial charge in [0.05, 0.1) is 6.04 Å². The second-order valence-electron chi connectivity index (χ2n) is 7.41. The summed E-state index contributed by atoms with van der Waals surface area (Å²) in [6.45, 7) is 2.26. The van der Waals surface area contributed by atoms with Gasteiger partial charge in [0.25, 0.3) is 0 Å². The molecular formula is C22H39NO2S. The summed E-state index contributed by atoms with van der Waals surface area (Å²) in [6.07, 6.45) is 22.5. The Morgan fingerprint density at radius 2 is 1.54 bits per heavy atom. The second-order valence-corrected chi connectivity index (χ2v) is 8.51. The molecule has 0 saturated carbocycles. The van der Waals surface area contributed by atoms with E-state index in [0.717, 1.165) is 25.0 Å². The molecule has 0 bridgehead atoms. The number of thioether (sulfide) groups is 1. The lowest BCUT2D eigenvalue weighted by atomic mass is 10.1. The molecule has 1 aliphatic rings. The van der Waals surface area contributed by atoms with Crippen LogP contribution < -0.4 is 5.32 Å². The molecule has 1 amide bonds. The molecule has 1 N–H and O–H groups in total. The number of carbonyl (C=O) groups is 2. The Morgan fingerprint density at radius 3 is 2.12 bits per heavy atom. The molecule has 1 aliphatic heterocycles. The highest BCUT2D eigenvalue weighted by molar-refractivity contribution is 8.14. The average Bonchev–Trinajstić information content (AvgIpc) is 3.03. The molecule has 0 radical (unpaired) electrons. The Labute approximate surface area is 165 Å². The van der Waals surface area contributed by atoms with E-state index < -0.39 is 0 Å². The van der Waals surface area contributed by atoms with Crippen molar-refractivity contribution < 1.29 is 9.59 Å². The summed E-state index contributed by atoms with van der Waals surface area (Å²) in [7, 11) is 0. The fourth-order valence-electron chi connectivity index (χ4n) is 3.25. The molecule has 1 fully saturated rings. The Bertz CT molecular complexity index is 409. The smallest absolute Gasteiger partial charge is 0.220 e. The van der Waals surface area contributed by atoms with Gasteiger partial charge in [-0.1, -0.05) is 82.2 Å². The van der Waals surface area contributed by atoms with Gasteiger partial charge in [-0.2, -0.15) is 0 Å². The lowest BCUT2D eigenvalue weighted by Crippen LogP contribution is -2.36. The summed E-state index contributed by atoms with van der Waals surface area (Å²) >= 11 is 1.34. The predicted molar refractivity (Wildman–Crippen MR) is 113 cm³/mol. The van der Waals surface area contributed by atoms with Crippen LogP contribution in [-0.4, -0.2) is 22.8 Å². The number of carbonyl (C=O) groups excluding carboxylic acids is 2. The van der Waals surface area contributed by atoms with Gasteiger partial charge in [0.1, 0.15) is 0 Å². The third-order valence-corrected chi connectivity index (χ3v) is 5.95. The van der Waals surface area contributed by atoms with E-state index in [0.29, 0.717) is 6.42 Å². The minimum absolute atomic E-state index is 0.0449. The third kappa shape index (κ3) is 12.6. The van der Waals surface area contributed by atoms with Crippen molar-refractivity contribution in [1.29, 1.82) is 0 Å². The molecule has 1 unspecified atom stereocenters. The molecular weight excluding hydrogens is 342 g/mol. The SMILES string of the molecule is CCCCCCCC/C=C\CCCCCCCC(=O)NC1CCSC1=O. The maximum atomic E-state index is 11.8. The van der Waals surface area contributed by atoms with Crippen molar-refractivity contribution in [3.05, 3.63) is 12.2 Å². The molecule has 4 heteroatoms. The van der Waals surface area contributed by atoms with E-state index >= 15 is 0 Å². The van der Waals surface area contributed by atoms with Crippen LogP contribution in [0.1, 0.15) is 103 Å². The Kier molecular flexibility index (Phi) is 14.7. The molecule has 1 rings (SSSR count). The number of hydrogen-bond acceptors (Lipinski definition) is 3. The van der Waals surface area contributed by atoms with E-state index in [4.69, 9.17) is 0 Å². The molecule has 0 aromatic rings. The van der Waals surface area contributed by atoms with Crippen LogP contribution in [0, 0.1) is 0 Å². The van der Waals surface area contributed by atoms with Crippen LogP contribution in [0.5, 0.6) is 0 Å². The largest absolute Gasteiger partial charge is 0.345 e. The van der Waals surface area contributed by atoms with Gasteiger partial charge in [-0.3, -0.25) is 9.59 Å². The number of hydrogen-bond donors (Lipinski definition) is 1. The van der Waals surface area contributed by atoms with Crippen LogP contribution in [0.25, 0.3) is 0 Å². The van der Waals surface area contributed by atoms with Crippen LogP contribution in [0.15, 0.2) is 12.2 Å².